The van der Waals surface area contributed by atoms with Gasteiger partial charge in [0.05, 0.1) is 5.30 Å². The Bertz CT molecular complexity index is 1040. The lowest BCUT2D eigenvalue weighted by Gasteiger charge is -2.18. The van der Waals surface area contributed by atoms with Crippen LogP contribution in [0.5, 0.6) is 0 Å². The number of aromatic amines is 1. The normalized spacial score (nSPS) is 13.8. The minimum atomic E-state index is -3.55. The Hall–Kier alpha value is -2.07. The Morgan fingerprint density at radius 3 is 2.48 bits per heavy atom. The van der Waals surface area contributed by atoms with Crippen molar-refractivity contribution in [2.45, 2.75) is 13.8 Å². The SMILES string of the molecule is COP(=O)(c1ccc(C)c(C)c1)c1c(C(N)=O)[nH]c2ccc(Cl)cc12. The van der Waals surface area contributed by atoms with Crippen molar-refractivity contribution in [1.82, 2.24) is 4.98 Å². The number of nitrogens with two attached hydrogens (primary N) is 1. The third kappa shape index (κ3) is 2.89. The van der Waals surface area contributed by atoms with Crippen LogP contribution in [0.2, 0.25) is 5.02 Å². The molecule has 0 aliphatic rings. The summed E-state index contributed by atoms with van der Waals surface area (Å²) in [5.41, 5.74) is 8.26. The van der Waals surface area contributed by atoms with Crippen LogP contribution in [0.3, 0.4) is 0 Å². The minimum absolute atomic E-state index is 0.0701. The van der Waals surface area contributed by atoms with Crippen LogP contribution >= 0.6 is 19.0 Å². The van der Waals surface area contributed by atoms with Crippen LogP contribution in [0.15, 0.2) is 36.4 Å². The second-order valence-electron chi connectivity index (χ2n) is 5.91. The van der Waals surface area contributed by atoms with Crippen molar-refractivity contribution in [3.63, 3.8) is 0 Å². The summed E-state index contributed by atoms with van der Waals surface area (Å²) >= 11 is 6.10. The van der Waals surface area contributed by atoms with E-state index in [1.54, 1.807) is 24.3 Å². The van der Waals surface area contributed by atoms with Gasteiger partial charge in [0, 0.05) is 28.3 Å². The maximum absolute atomic E-state index is 13.9. The Morgan fingerprint density at radius 1 is 1.16 bits per heavy atom. The molecule has 0 radical (unpaired) electrons. The first kappa shape index (κ1) is 17.7. The van der Waals surface area contributed by atoms with Gasteiger partial charge in [-0.3, -0.25) is 9.36 Å². The number of nitrogens with one attached hydrogen (secondary N) is 1. The fourth-order valence-electron chi connectivity index (χ4n) is 2.87. The van der Waals surface area contributed by atoms with Crippen LogP contribution in [0.25, 0.3) is 10.9 Å². The lowest BCUT2D eigenvalue weighted by Crippen LogP contribution is -2.26. The van der Waals surface area contributed by atoms with Crippen molar-refractivity contribution < 1.29 is 13.9 Å². The number of primary amides is 1. The number of aromatic nitrogens is 1. The molecule has 0 saturated heterocycles. The van der Waals surface area contributed by atoms with E-state index in [0.29, 0.717) is 21.2 Å². The van der Waals surface area contributed by atoms with Crippen LogP contribution in [0.1, 0.15) is 21.6 Å². The molecule has 0 bridgehead atoms. The number of rotatable bonds is 4. The van der Waals surface area contributed by atoms with Gasteiger partial charge in [-0.2, -0.15) is 0 Å². The zero-order valence-electron chi connectivity index (χ0n) is 14.1. The van der Waals surface area contributed by atoms with Crippen LogP contribution in [0, 0.1) is 13.8 Å². The number of hydrogen-bond acceptors (Lipinski definition) is 3. The van der Waals surface area contributed by atoms with Gasteiger partial charge in [-0.1, -0.05) is 17.7 Å². The number of aryl methyl sites for hydroxylation is 2. The third-order valence-corrected chi connectivity index (χ3v) is 7.12. The maximum Gasteiger partial charge on any atom is 0.266 e. The molecule has 130 valence electrons. The number of carbonyl (C=O) groups excluding carboxylic acids is 1. The fourth-order valence-corrected chi connectivity index (χ4v) is 5.29. The van der Waals surface area contributed by atoms with Gasteiger partial charge in [0.2, 0.25) is 0 Å². The molecule has 0 aliphatic carbocycles. The summed E-state index contributed by atoms with van der Waals surface area (Å²) in [6.07, 6.45) is 0. The molecule has 0 aliphatic heterocycles. The molecule has 7 heteroatoms. The van der Waals surface area contributed by atoms with Gasteiger partial charge in [0.25, 0.3) is 13.3 Å². The second-order valence-corrected chi connectivity index (χ2v) is 8.77. The van der Waals surface area contributed by atoms with Crippen molar-refractivity contribution >= 4 is 46.4 Å². The molecule has 3 aromatic rings. The van der Waals surface area contributed by atoms with Gasteiger partial charge in [0.1, 0.15) is 5.69 Å². The van der Waals surface area contributed by atoms with E-state index in [1.807, 2.05) is 26.0 Å². The largest absolute Gasteiger partial charge is 0.364 e. The molecule has 1 unspecified atom stereocenters. The van der Waals surface area contributed by atoms with E-state index in [2.05, 4.69) is 4.98 Å². The highest BCUT2D eigenvalue weighted by molar-refractivity contribution is 7.75. The van der Waals surface area contributed by atoms with E-state index >= 15 is 0 Å². The summed E-state index contributed by atoms with van der Waals surface area (Å²) < 4.78 is 19.4. The molecule has 3 N–H and O–H groups in total. The van der Waals surface area contributed by atoms with Gasteiger partial charge in [0.15, 0.2) is 0 Å². The van der Waals surface area contributed by atoms with Crippen LogP contribution in [0.4, 0.5) is 0 Å². The van der Waals surface area contributed by atoms with E-state index in [0.717, 1.165) is 11.1 Å². The number of hydrogen-bond donors (Lipinski definition) is 2. The number of carbonyl (C=O) groups is 1. The number of benzene rings is 2. The zero-order valence-corrected chi connectivity index (χ0v) is 15.7. The van der Waals surface area contributed by atoms with Crippen molar-refractivity contribution in [1.29, 1.82) is 0 Å². The lowest BCUT2D eigenvalue weighted by molar-refractivity contribution is 0.0997. The van der Waals surface area contributed by atoms with Gasteiger partial charge >= 0.3 is 0 Å². The first-order valence-corrected chi connectivity index (χ1v) is 9.63. The smallest absolute Gasteiger partial charge is 0.266 e. The number of halogens is 1. The maximum atomic E-state index is 13.9. The summed E-state index contributed by atoms with van der Waals surface area (Å²) in [5, 5.41) is 1.78. The van der Waals surface area contributed by atoms with E-state index in [9.17, 15) is 9.36 Å². The zero-order chi connectivity index (χ0) is 18.4. The first-order valence-electron chi connectivity index (χ1n) is 7.63. The first-order chi connectivity index (χ1) is 11.8. The molecule has 5 nitrogen and oxygen atoms in total. The standard InChI is InChI=1S/C18H18ClN2O3P/c1-10-4-6-13(8-11(10)2)25(23,24-3)17-14-9-12(19)5-7-15(14)21-16(17)18(20)22/h4-9,21H,1-3H3,(H2,20,22). The average Bonchev–Trinajstić information content (AvgIpc) is 2.96. The van der Waals surface area contributed by atoms with Crippen LogP contribution < -0.4 is 16.3 Å². The molecule has 25 heavy (non-hydrogen) atoms. The van der Waals surface area contributed by atoms with Crippen LogP contribution in [-0.4, -0.2) is 18.0 Å². The van der Waals surface area contributed by atoms with Gasteiger partial charge < -0.3 is 15.2 Å². The third-order valence-electron chi connectivity index (χ3n) is 4.36. The van der Waals surface area contributed by atoms with Gasteiger partial charge in [-0.15, -0.1) is 0 Å². The molecular weight excluding hydrogens is 359 g/mol. The molecule has 3 rings (SSSR count). The molecule has 0 saturated carbocycles. The highest BCUT2D eigenvalue weighted by Crippen LogP contribution is 2.47. The number of H-pyrrole nitrogens is 1. The average molecular weight is 377 g/mol. The Balaban J connectivity index is 2.39. The molecule has 1 amide bonds. The Morgan fingerprint density at radius 2 is 1.88 bits per heavy atom. The number of fused-ring (bicyclic) bond motifs is 1. The highest BCUT2D eigenvalue weighted by atomic mass is 35.5. The van der Waals surface area contributed by atoms with Crippen molar-refractivity contribution in [3.05, 3.63) is 58.2 Å². The molecule has 2 aromatic carbocycles. The fraction of sp³-hybridized carbons (Fsp3) is 0.167. The molecule has 0 fully saturated rings. The predicted molar refractivity (Wildman–Crippen MR) is 102 cm³/mol. The summed E-state index contributed by atoms with van der Waals surface area (Å²) in [6, 6.07) is 10.5. The molecular formula is C18H18ClN2O3P. The summed E-state index contributed by atoms with van der Waals surface area (Å²) in [7, 11) is -2.19. The summed E-state index contributed by atoms with van der Waals surface area (Å²) in [6.45, 7) is 3.90. The van der Waals surface area contributed by atoms with E-state index in [-0.39, 0.29) is 11.0 Å². The summed E-state index contributed by atoms with van der Waals surface area (Å²) in [5.74, 6) is -0.705. The highest BCUT2D eigenvalue weighted by Gasteiger charge is 2.35. The lowest BCUT2D eigenvalue weighted by atomic mass is 10.1. The van der Waals surface area contributed by atoms with Crippen molar-refractivity contribution in [2.24, 2.45) is 5.73 Å². The van der Waals surface area contributed by atoms with Crippen molar-refractivity contribution in [2.75, 3.05) is 7.11 Å². The van der Waals surface area contributed by atoms with Gasteiger partial charge in [-0.05, 0) is 55.3 Å². The van der Waals surface area contributed by atoms with E-state index in [4.69, 9.17) is 21.9 Å². The molecule has 0 spiro atoms. The minimum Gasteiger partial charge on any atom is -0.364 e. The monoisotopic (exact) mass is 376 g/mol. The van der Waals surface area contributed by atoms with Crippen LogP contribution in [-0.2, 0) is 9.09 Å². The molecule has 1 atom stereocenters. The Labute approximate surface area is 150 Å². The van der Waals surface area contributed by atoms with Gasteiger partial charge in [-0.25, -0.2) is 0 Å². The summed E-state index contributed by atoms with van der Waals surface area (Å²) in [4.78, 5) is 14.9. The van der Waals surface area contributed by atoms with E-state index in [1.165, 1.54) is 7.11 Å². The predicted octanol–water partition coefficient (Wildman–Crippen LogP) is 3.41. The number of amides is 1. The molecule has 1 heterocycles. The topological polar surface area (TPSA) is 85.2 Å². The van der Waals surface area contributed by atoms with Crippen molar-refractivity contribution in [3.8, 4) is 0 Å². The van der Waals surface area contributed by atoms with E-state index < -0.39 is 13.3 Å². The Kier molecular flexibility index (Phi) is 4.50. The molecule has 1 aromatic heterocycles. The quantitative estimate of drug-likeness (QED) is 0.684. The second kappa shape index (κ2) is 6.34.